The van der Waals surface area contributed by atoms with Gasteiger partial charge in [0.1, 0.15) is 0 Å². The first kappa shape index (κ1) is 21.2. The molecule has 8 unspecified atom stereocenters. The second kappa shape index (κ2) is 6.26. The van der Waals surface area contributed by atoms with Crippen LogP contribution in [0.2, 0.25) is 0 Å². The fourth-order valence-corrected chi connectivity index (χ4v) is 8.17. The molecule has 0 aromatic carbocycles. The minimum atomic E-state index is -0.617. The van der Waals surface area contributed by atoms with Crippen molar-refractivity contribution in [2.75, 3.05) is 0 Å². The fourth-order valence-electron chi connectivity index (χ4n) is 8.17. The number of fused-ring (bicyclic) bond motifs is 1. The molecular formula is C23H41NO3. The molecule has 0 saturated heterocycles. The van der Waals surface area contributed by atoms with E-state index in [4.69, 9.17) is 0 Å². The monoisotopic (exact) mass is 379 g/mol. The van der Waals surface area contributed by atoms with Crippen molar-refractivity contribution in [1.29, 1.82) is 0 Å². The summed E-state index contributed by atoms with van der Waals surface area (Å²) in [4.78, 5) is 11.2. The highest BCUT2D eigenvalue weighted by molar-refractivity contribution is 5.19. The molecule has 0 aromatic rings. The number of rotatable bonds is 3. The lowest BCUT2D eigenvalue weighted by molar-refractivity contribution is -0.208. The van der Waals surface area contributed by atoms with Crippen LogP contribution in [-0.4, -0.2) is 28.0 Å². The van der Waals surface area contributed by atoms with Crippen molar-refractivity contribution >= 4 is 0 Å². The van der Waals surface area contributed by atoms with Crippen LogP contribution in [0.1, 0.15) is 93.4 Å². The van der Waals surface area contributed by atoms with Gasteiger partial charge >= 0.3 is 0 Å². The third kappa shape index (κ3) is 2.61. The molecule has 156 valence electrons. The van der Waals surface area contributed by atoms with Crippen molar-refractivity contribution in [2.45, 2.75) is 111 Å². The Morgan fingerprint density at radius 2 is 1.56 bits per heavy atom. The van der Waals surface area contributed by atoms with Crippen molar-refractivity contribution < 1.29 is 10.2 Å². The van der Waals surface area contributed by atoms with E-state index in [0.29, 0.717) is 12.3 Å². The maximum absolute atomic E-state index is 11.2. The fraction of sp³-hybridized carbons (Fsp3) is 1.00. The summed E-state index contributed by atoms with van der Waals surface area (Å²) in [5.41, 5.74) is -0.605. The first-order valence-corrected chi connectivity index (χ1v) is 11.0. The average Bonchev–Trinajstić information content (AvgIpc) is 2.76. The number of aliphatic hydroxyl groups is 2. The third-order valence-corrected chi connectivity index (χ3v) is 10.7. The molecule has 4 heteroatoms. The van der Waals surface area contributed by atoms with Gasteiger partial charge in [0, 0.05) is 5.41 Å². The van der Waals surface area contributed by atoms with Gasteiger partial charge in [-0.05, 0) is 86.9 Å². The summed E-state index contributed by atoms with van der Waals surface area (Å²) in [5.74, 6) is 0.567. The van der Waals surface area contributed by atoms with Gasteiger partial charge in [-0.25, -0.2) is 0 Å². The van der Waals surface area contributed by atoms with E-state index in [1.165, 1.54) is 0 Å². The van der Waals surface area contributed by atoms with Gasteiger partial charge in [0.2, 0.25) is 0 Å². The van der Waals surface area contributed by atoms with E-state index in [1.807, 2.05) is 13.8 Å². The highest BCUT2D eigenvalue weighted by Gasteiger charge is 2.70. The van der Waals surface area contributed by atoms with E-state index in [1.54, 1.807) is 0 Å². The quantitative estimate of drug-likeness (QED) is 0.654. The maximum Gasteiger partial charge on any atom is 0.0923 e. The zero-order valence-electron chi connectivity index (χ0n) is 18.5. The van der Waals surface area contributed by atoms with Crippen molar-refractivity contribution in [1.82, 2.24) is 0 Å². The lowest BCUT2D eigenvalue weighted by atomic mass is 9.38. The van der Waals surface area contributed by atoms with E-state index < -0.39 is 11.7 Å². The molecule has 0 aromatic heterocycles. The van der Waals surface area contributed by atoms with Crippen LogP contribution in [0, 0.1) is 38.4 Å². The van der Waals surface area contributed by atoms with Crippen LogP contribution in [0.4, 0.5) is 0 Å². The number of aliphatic hydroxyl groups excluding tert-OH is 1. The molecule has 3 rings (SSSR count). The second-order valence-corrected chi connectivity index (χ2v) is 11.6. The van der Waals surface area contributed by atoms with Gasteiger partial charge in [-0.3, -0.25) is 0 Å². The molecule has 8 atom stereocenters. The summed E-state index contributed by atoms with van der Waals surface area (Å²) < 4.78 is 0. The van der Waals surface area contributed by atoms with Crippen LogP contribution in [0.15, 0.2) is 5.18 Å². The Labute approximate surface area is 165 Å². The molecule has 0 amide bonds. The number of nitroso groups, excluding NO2 is 1. The predicted octanol–water partition coefficient (Wildman–Crippen LogP) is 5.30. The molecular weight excluding hydrogens is 338 g/mol. The molecule has 3 fully saturated rings. The Morgan fingerprint density at radius 3 is 2.11 bits per heavy atom. The molecule has 0 bridgehead atoms. The van der Waals surface area contributed by atoms with E-state index in [-0.39, 0.29) is 33.6 Å². The minimum Gasteiger partial charge on any atom is -0.393 e. The van der Waals surface area contributed by atoms with Crippen molar-refractivity contribution in [3.8, 4) is 0 Å². The summed E-state index contributed by atoms with van der Waals surface area (Å²) in [7, 11) is 0. The topological polar surface area (TPSA) is 69.9 Å². The van der Waals surface area contributed by atoms with E-state index >= 15 is 0 Å². The van der Waals surface area contributed by atoms with Crippen LogP contribution in [0.25, 0.3) is 0 Å². The zero-order valence-corrected chi connectivity index (χ0v) is 18.5. The molecule has 4 nitrogen and oxygen atoms in total. The third-order valence-electron chi connectivity index (χ3n) is 10.7. The number of nitrogens with zero attached hydrogens (tertiary/aromatic N) is 1. The van der Waals surface area contributed by atoms with Crippen LogP contribution in [0.3, 0.4) is 0 Å². The number of hydrogen-bond donors (Lipinski definition) is 2. The van der Waals surface area contributed by atoms with Crippen molar-refractivity contribution in [3.63, 3.8) is 0 Å². The Hall–Kier alpha value is -0.480. The summed E-state index contributed by atoms with van der Waals surface area (Å²) in [5, 5.41) is 25.2. The van der Waals surface area contributed by atoms with Gasteiger partial charge < -0.3 is 10.2 Å². The smallest absolute Gasteiger partial charge is 0.0923 e. The van der Waals surface area contributed by atoms with Gasteiger partial charge in [0.05, 0.1) is 17.7 Å². The molecule has 3 aliphatic carbocycles. The van der Waals surface area contributed by atoms with E-state index in [9.17, 15) is 15.1 Å². The van der Waals surface area contributed by atoms with E-state index in [2.05, 4.69) is 39.8 Å². The Bertz CT molecular complexity index is 600. The van der Waals surface area contributed by atoms with Crippen molar-refractivity contribution in [2.24, 2.45) is 38.7 Å². The highest BCUT2D eigenvalue weighted by atomic mass is 16.3. The lowest BCUT2D eigenvalue weighted by Crippen LogP contribution is -2.62. The summed E-state index contributed by atoms with van der Waals surface area (Å²) in [6.45, 7) is 15.8. The Morgan fingerprint density at radius 1 is 0.926 bits per heavy atom. The average molecular weight is 380 g/mol. The lowest BCUT2D eigenvalue weighted by Gasteiger charge is -2.66. The maximum atomic E-state index is 11.2. The molecule has 0 aliphatic heterocycles. The van der Waals surface area contributed by atoms with Crippen LogP contribution >= 0.6 is 0 Å². The van der Waals surface area contributed by atoms with E-state index in [0.717, 1.165) is 38.5 Å². The van der Waals surface area contributed by atoms with Gasteiger partial charge in [-0.2, -0.15) is 4.91 Å². The van der Waals surface area contributed by atoms with Crippen molar-refractivity contribution in [3.05, 3.63) is 4.91 Å². The van der Waals surface area contributed by atoms with Crippen LogP contribution < -0.4 is 0 Å². The van der Waals surface area contributed by atoms with Crippen LogP contribution in [-0.2, 0) is 0 Å². The molecule has 0 spiro atoms. The largest absolute Gasteiger partial charge is 0.393 e. The molecule has 3 saturated carbocycles. The molecule has 3 aliphatic rings. The Balaban J connectivity index is 2.02. The first-order valence-electron chi connectivity index (χ1n) is 11.0. The minimum absolute atomic E-state index is 0.00234. The summed E-state index contributed by atoms with van der Waals surface area (Å²) >= 11 is 0. The molecule has 27 heavy (non-hydrogen) atoms. The SMILES string of the molecule is CC(O)C1CC(N=O)CCC1(C)C1CCC2(C)C(C)(O)CCC2(C)C1(C)C. The summed E-state index contributed by atoms with van der Waals surface area (Å²) in [6, 6.07) is -0.155. The second-order valence-electron chi connectivity index (χ2n) is 11.6. The molecule has 0 radical (unpaired) electrons. The number of hydrogen-bond acceptors (Lipinski definition) is 4. The normalized spacial score (nSPS) is 53.6. The molecule has 0 heterocycles. The van der Waals surface area contributed by atoms with Gasteiger partial charge in [0.25, 0.3) is 0 Å². The first-order chi connectivity index (χ1) is 12.3. The summed E-state index contributed by atoms with van der Waals surface area (Å²) in [6.07, 6.45) is 6.09. The van der Waals surface area contributed by atoms with Gasteiger partial charge in [0.15, 0.2) is 0 Å². The Kier molecular flexibility index (Phi) is 4.92. The molecule has 2 N–H and O–H groups in total. The predicted molar refractivity (Wildman–Crippen MR) is 109 cm³/mol. The van der Waals surface area contributed by atoms with Crippen LogP contribution in [0.5, 0.6) is 0 Å². The highest BCUT2D eigenvalue weighted by Crippen LogP contribution is 2.75. The van der Waals surface area contributed by atoms with Gasteiger partial charge in [-0.1, -0.05) is 39.8 Å². The zero-order chi connectivity index (χ0) is 20.5. The van der Waals surface area contributed by atoms with Gasteiger partial charge in [-0.15, -0.1) is 0 Å². The standard InChI is InChI=1S/C23H41NO3/c1-15(25)17-14-16(24-27)8-10-20(17,4)18-9-11-22(6)21(5,19(18,2)3)12-13-23(22,7)26/h15-18,25-26H,8-14H2,1-7H3.